The summed E-state index contributed by atoms with van der Waals surface area (Å²) in [5, 5.41) is 9.39. The van der Waals surface area contributed by atoms with Gasteiger partial charge in [-0.05, 0) is 29.1 Å². The fourth-order valence-electron chi connectivity index (χ4n) is 0.388. The van der Waals surface area contributed by atoms with Gasteiger partial charge in [0.15, 0.2) is 0 Å². The molecule has 12 heavy (non-hydrogen) atoms. The van der Waals surface area contributed by atoms with Gasteiger partial charge < -0.3 is 5.11 Å². The van der Waals surface area contributed by atoms with Crippen molar-refractivity contribution < 1.29 is 5.11 Å². The smallest absolute Gasteiger partial charge is 0.120 e. The minimum atomic E-state index is -0.662. The van der Waals surface area contributed by atoms with E-state index in [4.69, 9.17) is 6.42 Å². The molecule has 0 aromatic carbocycles. The molecule has 0 heterocycles. The predicted molar refractivity (Wildman–Crippen MR) is 49.8 cm³/mol. The van der Waals surface area contributed by atoms with Crippen LogP contribution in [0.3, 0.4) is 0 Å². The van der Waals surface area contributed by atoms with Crippen molar-refractivity contribution in [3.63, 3.8) is 0 Å². The number of aliphatic hydroxyl groups excluding tert-OH is 1. The first-order chi connectivity index (χ1) is 5.48. The fraction of sp³-hybridized carbons (Fsp3) is 0.455. The first-order valence-corrected chi connectivity index (χ1v) is 3.62. The fourth-order valence-corrected chi connectivity index (χ4v) is 0.388. The van der Waals surface area contributed by atoms with Crippen LogP contribution in [0, 0.1) is 41.4 Å². The lowest BCUT2D eigenvalue weighted by Gasteiger charge is -2.20. The van der Waals surface area contributed by atoms with Gasteiger partial charge in [0, 0.05) is 0 Å². The Kier molecular flexibility index (Phi) is 3.99. The Hall–Kier alpha value is -1.36. The Morgan fingerprint density at radius 3 is 2.17 bits per heavy atom. The van der Waals surface area contributed by atoms with Crippen molar-refractivity contribution in [2.24, 2.45) is 5.41 Å². The molecule has 0 aliphatic rings. The van der Waals surface area contributed by atoms with E-state index in [1.165, 1.54) is 0 Å². The Labute approximate surface area is 74.2 Å². The Bertz CT molecular complexity index is 290. The summed E-state index contributed by atoms with van der Waals surface area (Å²) in [5.74, 6) is 12.0. The normalized spacial score (nSPS) is 11.2. The van der Waals surface area contributed by atoms with Crippen LogP contribution < -0.4 is 0 Å². The summed E-state index contributed by atoms with van der Waals surface area (Å²) in [6.07, 6.45) is 4.21. The maximum Gasteiger partial charge on any atom is 0.120 e. The van der Waals surface area contributed by atoms with E-state index < -0.39 is 6.10 Å². The van der Waals surface area contributed by atoms with E-state index >= 15 is 0 Å². The molecule has 0 aliphatic carbocycles. The van der Waals surface area contributed by atoms with E-state index in [0.717, 1.165) is 0 Å². The Morgan fingerprint density at radius 2 is 1.75 bits per heavy atom. The van der Waals surface area contributed by atoms with Crippen molar-refractivity contribution in [2.75, 3.05) is 0 Å². The molecule has 1 unspecified atom stereocenters. The molecule has 1 N–H and O–H groups in total. The molecular formula is C11H12O. The molecule has 0 aliphatic heterocycles. The van der Waals surface area contributed by atoms with E-state index in [1.54, 1.807) is 0 Å². The molecule has 0 fully saturated rings. The van der Waals surface area contributed by atoms with Crippen LogP contribution in [0.1, 0.15) is 20.8 Å². The number of terminal acetylenes is 1. The summed E-state index contributed by atoms with van der Waals surface area (Å²) in [7, 11) is 0. The van der Waals surface area contributed by atoms with E-state index in [1.807, 2.05) is 20.8 Å². The minimum Gasteiger partial charge on any atom is -0.380 e. The largest absolute Gasteiger partial charge is 0.380 e. The van der Waals surface area contributed by atoms with Crippen LogP contribution >= 0.6 is 0 Å². The summed E-state index contributed by atoms with van der Waals surface area (Å²) in [6.45, 7) is 5.71. The van der Waals surface area contributed by atoms with Crippen LogP contribution in [0.15, 0.2) is 0 Å². The number of hydrogen-bond acceptors (Lipinski definition) is 1. The predicted octanol–water partition coefficient (Wildman–Crippen LogP) is 1.03. The molecule has 1 heteroatoms. The van der Waals surface area contributed by atoms with Crippen LogP contribution in [0.4, 0.5) is 0 Å². The van der Waals surface area contributed by atoms with Crippen molar-refractivity contribution in [1.82, 2.24) is 0 Å². The maximum atomic E-state index is 9.39. The van der Waals surface area contributed by atoms with Gasteiger partial charge in [0.25, 0.3) is 0 Å². The average Bonchev–Trinajstić information content (AvgIpc) is 1.96. The first-order valence-electron chi connectivity index (χ1n) is 3.62. The lowest BCUT2D eigenvalue weighted by atomic mass is 9.90. The van der Waals surface area contributed by atoms with E-state index in [0.29, 0.717) is 0 Å². The van der Waals surface area contributed by atoms with Crippen LogP contribution in [-0.4, -0.2) is 11.2 Å². The molecule has 1 atom stereocenters. The van der Waals surface area contributed by atoms with Gasteiger partial charge in [-0.2, -0.15) is 0 Å². The van der Waals surface area contributed by atoms with Gasteiger partial charge in [0.05, 0.1) is 0 Å². The van der Waals surface area contributed by atoms with Gasteiger partial charge in [0.1, 0.15) is 6.10 Å². The lowest BCUT2D eigenvalue weighted by molar-refractivity contribution is 0.114. The summed E-state index contributed by atoms with van der Waals surface area (Å²) in [6, 6.07) is 0. The van der Waals surface area contributed by atoms with Gasteiger partial charge >= 0.3 is 0 Å². The molecule has 0 amide bonds. The molecular weight excluding hydrogens is 148 g/mol. The van der Waals surface area contributed by atoms with Crippen molar-refractivity contribution in [3.05, 3.63) is 0 Å². The Morgan fingerprint density at radius 1 is 1.17 bits per heavy atom. The summed E-state index contributed by atoms with van der Waals surface area (Å²) < 4.78 is 0. The molecule has 0 spiro atoms. The monoisotopic (exact) mass is 160 g/mol. The highest BCUT2D eigenvalue weighted by Gasteiger charge is 2.19. The molecule has 0 radical (unpaired) electrons. The van der Waals surface area contributed by atoms with E-state index in [-0.39, 0.29) is 5.41 Å². The SMILES string of the molecule is C#CC#CC#CC(O)C(C)(C)C. The maximum absolute atomic E-state index is 9.39. The quantitative estimate of drug-likeness (QED) is 0.525. The highest BCUT2D eigenvalue weighted by Crippen LogP contribution is 2.17. The third-order valence-electron chi connectivity index (χ3n) is 1.23. The van der Waals surface area contributed by atoms with Crippen molar-refractivity contribution in [1.29, 1.82) is 0 Å². The van der Waals surface area contributed by atoms with Gasteiger partial charge in [0.2, 0.25) is 0 Å². The third-order valence-corrected chi connectivity index (χ3v) is 1.23. The topological polar surface area (TPSA) is 20.2 Å². The zero-order chi connectivity index (χ0) is 9.61. The second-order valence-electron chi connectivity index (χ2n) is 3.43. The molecule has 0 bridgehead atoms. The van der Waals surface area contributed by atoms with Crippen LogP contribution in [0.25, 0.3) is 0 Å². The van der Waals surface area contributed by atoms with Crippen LogP contribution in [-0.2, 0) is 0 Å². The first kappa shape index (κ1) is 10.6. The van der Waals surface area contributed by atoms with Crippen LogP contribution in [0.5, 0.6) is 0 Å². The van der Waals surface area contributed by atoms with Crippen LogP contribution in [0.2, 0.25) is 0 Å². The molecule has 0 rings (SSSR count). The second kappa shape index (κ2) is 4.50. The van der Waals surface area contributed by atoms with E-state index in [2.05, 4.69) is 29.6 Å². The molecule has 0 aromatic heterocycles. The van der Waals surface area contributed by atoms with E-state index in [9.17, 15) is 5.11 Å². The van der Waals surface area contributed by atoms with Crippen molar-refractivity contribution in [3.8, 4) is 36.0 Å². The number of aliphatic hydroxyl groups is 1. The van der Waals surface area contributed by atoms with Crippen molar-refractivity contribution >= 4 is 0 Å². The zero-order valence-corrected chi connectivity index (χ0v) is 7.60. The molecule has 0 saturated carbocycles. The minimum absolute atomic E-state index is 0.231. The average molecular weight is 160 g/mol. The number of rotatable bonds is 0. The molecule has 62 valence electrons. The van der Waals surface area contributed by atoms with Crippen molar-refractivity contribution in [2.45, 2.75) is 26.9 Å². The summed E-state index contributed by atoms with van der Waals surface area (Å²) in [5.41, 5.74) is -0.231. The second-order valence-corrected chi connectivity index (χ2v) is 3.43. The van der Waals surface area contributed by atoms with Gasteiger partial charge in [-0.25, -0.2) is 0 Å². The summed E-state index contributed by atoms with van der Waals surface area (Å²) in [4.78, 5) is 0. The molecule has 0 saturated heterocycles. The highest BCUT2D eigenvalue weighted by molar-refractivity contribution is 5.34. The van der Waals surface area contributed by atoms with Gasteiger partial charge in [-0.1, -0.05) is 26.7 Å². The third kappa shape index (κ3) is 4.45. The molecule has 0 aromatic rings. The number of hydrogen-bond donors (Lipinski definition) is 1. The zero-order valence-electron chi connectivity index (χ0n) is 7.60. The van der Waals surface area contributed by atoms with Gasteiger partial charge in [-0.3, -0.25) is 0 Å². The summed E-state index contributed by atoms with van der Waals surface area (Å²) >= 11 is 0. The standard InChI is InChI=1S/C11H12O/c1-5-6-7-8-9-10(12)11(2,3)4/h1,10,12H,2-4H3. The Balaban J connectivity index is 4.26. The lowest BCUT2D eigenvalue weighted by Crippen LogP contribution is -2.23. The van der Waals surface area contributed by atoms with Gasteiger partial charge in [-0.15, -0.1) is 6.42 Å². The molecule has 1 nitrogen and oxygen atoms in total. The highest BCUT2D eigenvalue weighted by atomic mass is 16.3.